The number of rotatable bonds is 3. The van der Waals surface area contributed by atoms with Crippen molar-refractivity contribution >= 4 is 21.8 Å². The van der Waals surface area contributed by atoms with Gasteiger partial charge in [-0.2, -0.15) is 0 Å². The van der Waals surface area contributed by atoms with Crippen LogP contribution in [0, 0.1) is 12.8 Å². The Balaban J connectivity index is 1.92. The van der Waals surface area contributed by atoms with Crippen molar-refractivity contribution in [2.24, 2.45) is 5.92 Å². The molecule has 104 valence electrons. The highest BCUT2D eigenvalue weighted by Crippen LogP contribution is 2.28. The van der Waals surface area contributed by atoms with E-state index in [1.807, 2.05) is 0 Å². The molecule has 0 radical (unpaired) electrons. The van der Waals surface area contributed by atoms with Crippen LogP contribution in [0.25, 0.3) is 0 Å². The molecule has 0 spiro atoms. The smallest absolute Gasteiger partial charge is 0.256 e. The Kier molecular flexibility index (Phi) is 4.80. The predicted molar refractivity (Wildman–Crippen MR) is 78.8 cm³/mol. The van der Waals surface area contributed by atoms with E-state index in [0.717, 1.165) is 18.5 Å². The number of alkyl halides is 1. The fraction of sp³-hybridized carbons (Fsp3) is 0.571. The topological polar surface area (TPSA) is 62.0 Å². The van der Waals surface area contributed by atoms with Crippen LogP contribution >= 0.6 is 15.9 Å². The molecule has 1 aliphatic rings. The number of hydrogen-bond acceptors (Lipinski definition) is 2. The summed E-state index contributed by atoms with van der Waals surface area (Å²) < 4.78 is 0. The molecule has 1 aromatic heterocycles. The van der Waals surface area contributed by atoms with Crippen molar-refractivity contribution in [1.29, 1.82) is 0 Å². The molecule has 2 atom stereocenters. The summed E-state index contributed by atoms with van der Waals surface area (Å²) in [5.41, 5.74) is 0.725. The number of amides is 1. The van der Waals surface area contributed by atoms with Gasteiger partial charge in [0.05, 0.1) is 0 Å². The highest BCUT2D eigenvalue weighted by atomic mass is 79.9. The van der Waals surface area contributed by atoms with Crippen molar-refractivity contribution in [3.05, 3.63) is 33.7 Å². The molecule has 2 N–H and O–H groups in total. The third kappa shape index (κ3) is 3.93. The number of H-pyrrole nitrogens is 1. The van der Waals surface area contributed by atoms with E-state index in [-0.39, 0.29) is 16.9 Å². The highest BCUT2D eigenvalue weighted by molar-refractivity contribution is 9.09. The zero-order chi connectivity index (χ0) is 13.8. The normalized spacial score (nSPS) is 23.1. The number of nitrogens with one attached hydrogen (secondary N) is 2. The lowest BCUT2D eigenvalue weighted by atomic mass is 9.89. The van der Waals surface area contributed by atoms with Gasteiger partial charge in [-0.1, -0.05) is 22.4 Å². The molecule has 1 heterocycles. The molecule has 1 aliphatic carbocycles. The molecule has 1 aromatic rings. The second-order valence-electron chi connectivity index (χ2n) is 5.23. The molecule has 1 fully saturated rings. The molecule has 0 aliphatic heterocycles. The van der Waals surface area contributed by atoms with Crippen LogP contribution in [0.3, 0.4) is 0 Å². The Bertz CT molecular complexity index is 512. The zero-order valence-electron chi connectivity index (χ0n) is 11.0. The van der Waals surface area contributed by atoms with E-state index in [4.69, 9.17) is 0 Å². The van der Waals surface area contributed by atoms with E-state index >= 15 is 0 Å². The lowest BCUT2D eigenvalue weighted by Gasteiger charge is -2.25. The van der Waals surface area contributed by atoms with Gasteiger partial charge in [-0.15, -0.1) is 0 Å². The third-order valence-electron chi connectivity index (χ3n) is 3.57. The maximum atomic E-state index is 12.0. The van der Waals surface area contributed by atoms with Gasteiger partial charge in [0.2, 0.25) is 0 Å². The van der Waals surface area contributed by atoms with Crippen LogP contribution in [0.5, 0.6) is 0 Å². The number of carbonyl (C=O) groups excluding carboxylic acids is 1. The lowest BCUT2D eigenvalue weighted by Crippen LogP contribution is -2.34. The van der Waals surface area contributed by atoms with Crippen molar-refractivity contribution in [3.63, 3.8) is 0 Å². The summed E-state index contributed by atoms with van der Waals surface area (Å²) in [6.45, 7) is 2.44. The van der Waals surface area contributed by atoms with Crippen LogP contribution < -0.4 is 10.7 Å². The van der Waals surface area contributed by atoms with Gasteiger partial charge in [-0.05, 0) is 32.1 Å². The fourth-order valence-electron chi connectivity index (χ4n) is 2.49. The molecule has 2 unspecified atom stereocenters. The highest BCUT2D eigenvalue weighted by Gasteiger charge is 2.21. The molecule has 2 rings (SSSR count). The van der Waals surface area contributed by atoms with Gasteiger partial charge in [0.1, 0.15) is 5.56 Å². The number of pyridine rings is 1. The van der Waals surface area contributed by atoms with E-state index in [2.05, 4.69) is 26.2 Å². The fourth-order valence-corrected chi connectivity index (χ4v) is 3.35. The van der Waals surface area contributed by atoms with Crippen LogP contribution in [0.1, 0.15) is 41.7 Å². The molecule has 1 amide bonds. The van der Waals surface area contributed by atoms with Gasteiger partial charge in [-0.25, -0.2) is 0 Å². The van der Waals surface area contributed by atoms with Crippen molar-refractivity contribution < 1.29 is 4.79 Å². The Morgan fingerprint density at radius 2 is 2.32 bits per heavy atom. The van der Waals surface area contributed by atoms with Gasteiger partial charge in [0.25, 0.3) is 5.91 Å². The second kappa shape index (κ2) is 6.37. The number of hydrogen-bond donors (Lipinski definition) is 2. The summed E-state index contributed by atoms with van der Waals surface area (Å²) in [6, 6.07) is 1.45. The van der Waals surface area contributed by atoms with Crippen molar-refractivity contribution in [2.45, 2.75) is 37.4 Å². The van der Waals surface area contributed by atoms with Gasteiger partial charge < -0.3 is 10.3 Å². The number of aromatic amines is 1. The van der Waals surface area contributed by atoms with E-state index in [1.165, 1.54) is 25.1 Å². The molecule has 0 aromatic carbocycles. The number of aryl methyl sites for hydroxylation is 1. The standard InChI is InChI=1S/C14H19BrN2O2/c1-9-5-13(18)12(8-16-9)14(19)17-7-10-3-2-4-11(15)6-10/h5,8,10-11H,2-4,6-7H2,1H3,(H,16,18)(H,17,19). The molecule has 19 heavy (non-hydrogen) atoms. The molecule has 5 heteroatoms. The molecule has 1 saturated carbocycles. The first kappa shape index (κ1) is 14.3. The Labute approximate surface area is 121 Å². The van der Waals surface area contributed by atoms with E-state index < -0.39 is 0 Å². The summed E-state index contributed by atoms with van der Waals surface area (Å²) >= 11 is 3.63. The molecule has 0 saturated heterocycles. The number of carbonyl (C=O) groups is 1. The Morgan fingerprint density at radius 3 is 3.00 bits per heavy atom. The van der Waals surface area contributed by atoms with Crippen LogP contribution in [-0.4, -0.2) is 22.3 Å². The van der Waals surface area contributed by atoms with Crippen LogP contribution in [-0.2, 0) is 0 Å². The maximum absolute atomic E-state index is 12.0. The van der Waals surface area contributed by atoms with Crippen LogP contribution in [0.4, 0.5) is 0 Å². The largest absolute Gasteiger partial charge is 0.364 e. The van der Waals surface area contributed by atoms with Gasteiger partial charge in [0.15, 0.2) is 5.43 Å². The predicted octanol–water partition coefficient (Wildman–Crippen LogP) is 2.37. The van der Waals surface area contributed by atoms with Crippen molar-refractivity contribution in [1.82, 2.24) is 10.3 Å². The molecular weight excluding hydrogens is 308 g/mol. The summed E-state index contributed by atoms with van der Waals surface area (Å²) in [4.78, 5) is 27.1. The van der Waals surface area contributed by atoms with E-state index in [9.17, 15) is 9.59 Å². The Hall–Kier alpha value is -1.10. The summed E-state index contributed by atoms with van der Waals surface area (Å²) in [7, 11) is 0. The molecule has 4 nitrogen and oxygen atoms in total. The van der Waals surface area contributed by atoms with Crippen molar-refractivity contribution in [3.8, 4) is 0 Å². The van der Waals surface area contributed by atoms with Crippen molar-refractivity contribution in [2.75, 3.05) is 6.54 Å². The monoisotopic (exact) mass is 326 g/mol. The zero-order valence-corrected chi connectivity index (χ0v) is 12.6. The maximum Gasteiger partial charge on any atom is 0.256 e. The first-order chi connectivity index (χ1) is 9.06. The summed E-state index contributed by atoms with van der Waals surface area (Å²) in [6.07, 6.45) is 6.13. The Morgan fingerprint density at radius 1 is 1.53 bits per heavy atom. The minimum Gasteiger partial charge on any atom is -0.364 e. The van der Waals surface area contributed by atoms with Crippen LogP contribution in [0.2, 0.25) is 0 Å². The van der Waals surface area contributed by atoms with Gasteiger partial charge in [0, 0.05) is 29.3 Å². The first-order valence-corrected chi connectivity index (χ1v) is 7.59. The average Bonchev–Trinajstić information content (AvgIpc) is 2.36. The molecular formula is C14H19BrN2O2. The lowest BCUT2D eigenvalue weighted by molar-refractivity contribution is 0.0942. The SMILES string of the molecule is Cc1cc(=O)c(C(=O)NCC2CCCC(Br)C2)c[nH]1. The third-order valence-corrected chi connectivity index (χ3v) is 4.40. The number of halogens is 1. The average molecular weight is 327 g/mol. The van der Waals surface area contributed by atoms with Crippen LogP contribution in [0.15, 0.2) is 17.1 Å². The summed E-state index contributed by atoms with van der Waals surface area (Å²) in [5, 5.41) is 2.87. The second-order valence-corrected chi connectivity index (χ2v) is 6.53. The van der Waals surface area contributed by atoms with Gasteiger partial charge >= 0.3 is 0 Å². The van der Waals surface area contributed by atoms with E-state index in [1.54, 1.807) is 6.92 Å². The quantitative estimate of drug-likeness (QED) is 0.837. The van der Waals surface area contributed by atoms with E-state index in [0.29, 0.717) is 17.3 Å². The van der Waals surface area contributed by atoms with Gasteiger partial charge in [-0.3, -0.25) is 9.59 Å². The molecule has 0 bridgehead atoms. The minimum absolute atomic E-state index is 0.191. The first-order valence-electron chi connectivity index (χ1n) is 6.68. The summed E-state index contributed by atoms with van der Waals surface area (Å²) in [5.74, 6) is 0.226. The minimum atomic E-state index is -0.280. The number of aromatic nitrogens is 1.